The fourth-order valence-electron chi connectivity index (χ4n) is 4.28. The highest BCUT2D eigenvalue weighted by molar-refractivity contribution is 5.39. The fourth-order valence-corrected chi connectivity index (χ4v) is 4.28. The van der Waals surface area contributed by atoms with Gasteiger partial charge in [0.1, 0.15) is 5.60 Å². The minimum Gasteiger partial charge on any atom is -0.460 e. The van der Waals surface area contributed by atoms with Gasteiger partial charge in [0.05, 0.1) is 0 Å². The molecule has 0 spiro atoms. The van der Waals surface area contributed by atoms with Gasteiger partial charge in [-0.3, -0.25) is 4.79 Å². The van der Waals surface area contributed by atoms with Crippen molar-refractivity contribution in [3.05, 3.63) is 0 Å². The second-order valence-corrected chi connectivity index (χ2v) is 5.41. The van der Waals surface area contributed by atoms with Gasteiger partial charge in [-0.15, -0.1) is 0 Å². The first-order valence-corrected chi connectivity index (χ1v) is 5.60. The Hall–Kier alpha value is -0.570. The third-order valence-electron chi connectivity index (χ3n) is 4.61. The Kier molecular flexibility index (Phi) is 1.69. The van der Waals surface area contributed by atoms with Crippen molar-refractivity contribution in [1.82, 2.24) is 0 Å². The first-order valence-electron chi connectivity index (χ1n) is 5.60. The predicted octanol–water partition coefficient (Wildman–Crippen LogP) is 1.07. The molecular weight excluding hydrogens is 178 g/mol. The van der Waals surface area contributed by atoms with Crippen molar-refractivity contribution < 1.29 is 9.53 Å². The summed E-state index contributed by atoms with van der Waals surface area (Å²) in [5.41, 5.74) is 5.92. The molecule has 4 fully saturated rings. The van der Waals surface area contributed by atoms with E-state index in [0.29, 0.717) is 12.4 Å². The average molecular weight is 195 g/mol. The second kappa shape index (κ2) is 2.72. The number of hydrogen-bond donors (Lipinski definition) is 1. The molecule has 0 saturated heterocycles. The molecule has 4 aliphatic rings. The molecule has 4 aliphatic carbocycles. The molecule has 0 amide bonds. The predicted molar refractivity (Wildman–Crippen MR) is 51.4 cm³/mol. The lowest BCUT2D eigenvalue weighted by Crippen LogP contribution is -2.64. The summed E-state index contributed by atoms with van der Waals surface area (Å²) < 4.78 is 5.35. The first kappa shape index (κ1) is 8.72. The number of nitrogens with two attached hydrogens (primary N) is 1. The van der Waals surface area contributed by atoms with E-state index in [-0.39, 0.29) is 11.6 Å². The normalized spacial score (nSPS) is 54.6. The van der Waals surface area contributed by atoms with E-state index < -0.39 is 0 Å². The molecule has 78 valence electrons. The molecule has 4 rings (SSSR count). The molecule has 3 unspecified atom stereocenters. The molecule has 0 aliphatic heterocycles. The standard InChI is InChI=1S/C11H17NO2/c12-10-9-2-7-1-8(3-9)5-11(10,4-7)14-6-13/h6-10H,1-5,12H2. The summed E-state index contributed by atoms with van der Waals surface area (Å²) in [7, 11) is 0. The second-order valence-electron chi connectivity index (χ2n) is 5.41. The molecule has 0 aromatic rings. The van der Waals surface area contributed by atoms with Gasteiger partial charge in [-0.05, 0) is 49.9 Å². The highest BCUT2D eigenvalue weighted by atomic mass is 16.5. The maximum atomic E-state index is 10.6. The van der Waals surface area contributed by atoms with Gasteiger partial charge in [-0.25, -0.2) is 0 Å². The summed E-state index contributed by atoms with van der Waals surface area (Å²) in [5.74, 6) is 2.15. The van der Waals surface area contributed by atoms with Crippen molar-refractivity contribution in [3.63, 3.8) is 0 Å². The molecule has 14 heavy (non-hydrogen) atoms. The Bertz CT molecular complexity index is 252. The summed E-state index contributed by atoms with van der Waals surface area (Å²) in [5, 5.41) is 0. The molecule has 0 heterocycles. The molecule has 0 radical (unpaired) electrons. The van der Waals surface area contributed by atoms with Crippen LogP contribution >= 0.6 is 0 Å². The monoisotopic (exact) mass is 195 g/mol. The van der Waals surface area contributed by atoms with Gasteiger partial charge in [0.2, 0.25) is 0 Å². The van der Waals surface area contributed by atoms with Crippen LogP contribution in [0.1, 0.15) is 32.1 Å². The van der Waals surface area contributed by atoms with Crippen molar-refractivity contribution in [2.75, 3.05) is 0 Å². The van der Waals surface area contributed by atoms with Gasteiger partial charge in [0.15, 0.2) is 0 Å². The Balaban J connectivity index is 1.93. The first-order chi connectivity index (χ1) is 6.73. The van der Waals surface area contributed by atoms with Gasteiger partial charge in [-0.2, -0.15) is 0 Å². The highest BCUT2D eigenvalue weighted by Gasteiger charge is 2.57. The van der Waals surface area contributed by atoms with Gasteiger partial charge in [-0.1, -0.05) is 0 Å². The highest BCUT2D eigenvalue weighted by Crippen LogP contribution is 2.56. The largest absolute Gasteiger partial charge is 0.460 e. The van der Waals surface area contributed by atoms with E-state index in [2.05, 4.69) is 0 Å². The number of carbonyl (C=O) groups excluding carboxylic acids is 1. The van der Waals surface area contributed by atoms with Crippen molar-refractivity contribution in [3.8, 4) is 0 Å². The van der Waals surface area contributed by atoms with E-state index in [9.17, 15) is 4.79 Å². The molecule has 3 atom stereocenters. The van der Waals surface area contributed by atoms with Crippen LogP contribution in [0.2, 0.25) is 0 Å². The van der Waals surface area contributed by atoms with Crippen LogP contribution in [0.15, 0.2) is 0 Å². The van der Waals surface area contributed by atoms with Crippen LogP contribution in [0, 0.1) is 17.8 Å². The summed E-state index contributed by atoms with van der Waals surface area (Å²) in [6.07, 6.45) is 5.90. The van der Waals surface area contributed by atoms with Crippen molar-refractivity contribution in [2.45, 2.75) is 43.7 Å². The third-order valence-corrected chi connectivity index (χ3v) is 4.61. The molecular formula is C11H17NO2. The van der Waals surface area contributed by atoms with Crippen LogP contribution in [-0.4, -0.2) is 18.1 Å². The summed E-state index contributed by atoms with van der Waals surface area (Å²) in [6, 6.07) is 0.0977. The van der Waals surface area contributed by atoms with E-state index in [1.807, 2.05) is 0 Å². The number of carbonyl (C=O) groups is 1. The molecule has 0 aromatic carbocycles. The van der Waals surface area contributed by atoms with Crippen molar-refractivity contribution >= 4 is 6.47 Å². The molecule has 3 heteroatoms. The van der Waals surface area contributed by atoms with E-state index in [0.717, 1.165) is 24.7 Å². The van der Waals surface area contributed by atoms with Crippen LogP contribution in [0.25, 0.3) is 0 Å². The Morgan fingerprint density at radius 1 is 1.21 bits per heavy atom. The van der Waals surface area contributed by atoms with Crippen molar-refractivity contribution in [1.29, 1.82) is 0 Å². The SMILES string of the molecule is NC1C2CC3CC(C2)CC1(OC=O)C3. The van der Waals surface area contributed by atoms with Crippen LogP contribution < -0.4 is 5.73 Å². The Morgan fingerprint density at radius 3 is 2.43 bits per heavy atom. The molecule has 4 bridgehead atoms. The van der Waals surface area contributed by atoms with Crippen LogP contribution in [0.3, 0.4) is 0 Å². The number of rotatable bonds is 2. The average Bonchev–Trinajstić information content (AvgIpc) is 2.13. The maximum Gasteiger partial charge on any atom is 0.293 e. The van der Waals surface area contributed by atoms with Gasteiger partial charge in [0, 0.05) is 6.04 Å². The van der Waals surface area contributed by atoms with Gasteiger partial charge >= 0.3 is 0 Å². The fraction of sp³-hybridized carbons (Fsp3) is 0.909. The molecule has 0 aromatic heterocycles. The van der Waals surface area contributed by atoms with E-state index in [1.165, 1.54) is 19.3 Å². The Morgan fingerprint density at radius 2 is 1.86 bits per heavy atom. The quantitative estimate of drug-likeness (QED) is 0.670. The minimum atomic E-state index is -0.281. The summed E-state index contributed by atoms with van der Waals surface area (Å²) >= 11 is 0. The summed E-state index contributed by atoms with van der Waals surface area (Å²) in [4.78, 5) is 10.6. The lowest BCUT2D eigenvalue weighted by Gasteiger charge is -2.58. The topological polar surface area (TPSA) is 52.3 Å². The molecule has 3 nitrogen and oxygen atoms in total. The van der Waals surface area contributed by atoms with E-state index >= 15 is 0 Å². The summed E-state index contributed by atoms with van der Waals surface area (Å²) in [6.45, 7) is 0.604. The third kappa shape index (κ3) is 0.991. The lowest BCUT2D eigenvalue weighted by atomic mass is 9.52. The number of hydrogen-bond acceptors (Lipinski definition) is 3. The molecule has 4 saturated carbocycles. The number of ether oxygens (including phenoxy) is 1. The van der Waals surface area contributed by atoms with Crippen LogP contribution in [0.4, 0.5) is 0 Å². The van der Waals surface area contributed by atoms with Gasteiger partial charge in [0.25, 0.3) is 6.47 Å². The zero-order chi connectivity index (χ0) is 9.76. The van der Waals surface area contributed by atoms with Crippen LogP contribution in [-0.2, 0) is 9.53 Å². The van der Waals surface area contributed by atoms with E-state index in [4.69, 9.17) is 10.5 Å². The van der Waals surface area contributed by atoms with Gasteiger partial charge < -0.3 is 10.5 Å². The zero-order valence-corrected chi connectivity index (χ0v) is 8.32. The minimum absolute atomic E-state index is 0.0977. The zero-order valence-electron chi connectivity index (χ0n) is 8.32. The Labute approximate surface area is 84.0 Å². The smallest absolute Gasteiger partial charge is 0.293 e. The van der Waals surface area contributed by atoms with Crippen molar-refractivity contribution in [2.24, 2.45) is 23.5 Å². The lowest BCUT2D eigenvalue weighted by molar-refractivity contribution is -0.179. The maximum absolute atomic E-state index is 10.6. The molecule has 2 N–H and O–H groups in total. The van der Waals surface area contributed by atoms with Crippen LogP contribution in [0.5, 0.6) is 0 Å². The van der Waals surface area contributed by atoms with E-state index in [1.54, 1.807) is 0 Å².